The normalized spacial score (nSPS) is 11.2. The van der Waals surface area contributed by atoms with E-state index in [1.165, 1.54) is 10.8 Å². The number of rotatable bonds is 4. The maximum atomic E-state index is 12.5. The maximum Gasteiger partial charge on any atom is 0.277 e. The summed E-state index contributed by atoms with van der Waals surface area (Å²) in [7, 11) is 0. The van der Waals surface area contributed by atoms with Gasteiger partial charge in [-0.25, -0.2) is 9.97 Å². The molecule has 4 aromatic rings. The lowest BCUT2D eigenvalue weighted by atomic mass is 10.1. The predicted molar refractivity (Wildman–Crippen MR) is 102 cm³/mol. The molecular formula is C19H18N6O2. The Bertz CT molecular complexity index is 1220. The Morgan fingerprint density at radius 1 is 1.22 bits per heavy atom. The first-order valence-electron chi connectivity index (χ1n) is 8.60. The van der Waals surface area contributed by atoms with Gasteiger partial charge in [-0.05, 0) is 44.0 Å². The number of nitrogens with zero attached hydrogens (tertiary/aromatic N) is 4. The number of fused-ring (bicyclic) bond motifs is 2. The lowest BCUT2D eigenvalue weighted by molar-refractivity contribution is -0.116. The summed E-state index contributed by atoms with van der Waals surface area (Å²) < 4.78 is 1.28. The third-order valence-corrected chi connectivity index (χ3v) is 4.59. The number of amides is 1. The van der Waals surface area contributed by atoms with Crippen LogP contribution in [0.25, 0.3) is 16.7 Å². The number of aromatic nitrogens is 5. The number of anilines is 1. The van der Waals surface area contributed by atoms with E-state index in [9.17, 15) is 9.59 Å². The van der Waals surface area contributed by atoms with Crippen molar-refractivity contribution in [2.24, 2.45) is 0 Å². The first-order valence-corrected chi connectivity index (χ1v) is 8.60. The van der Waals surface area contributed by atoms with E-state index in [1.54, 1.807) is 13.1 Å². The summed E-state index contributed by atoms with van der Waals surface area (Å²) in [5, 5.41) is 6.59. The monoisotopic (exact) mass is 362 g/mol. The number of aromatic amines is 1. The molecule has 1 aromatic carbocycles. The van der Waals surface area contributed by atoms with Crippen LogP contribution >= 0.6 is 0 Å². The number of hydrogen-bond acceptors (Lipinski definition) is 5. The quantitative estimate of drug-likeness (QED) is 0.579. The second kappa shape index (κ2) is 6.64. The van der Waals surface area contributed by atoms with E-state index in [0.29, 0.717) is 23.5 Å². The molecule has 0 atom stereocenters. The van der Waals surface area contributed by atoms with Gasteiger partial charge in [-0.1, -0.05) is 6.07 Å². The van der Waals surface area contributed by atoms with Gasteiger partial charge < -0.3 is 5.32 Å². The molecule has 8 heteroatoms. The molecule has 4 rings (SSSR count). The third kappa shape index (κ3) is 3.05. The van der Waals surface area contributed by atoms with Gasteiger partial charge in [0.05, 0.1) is 16.9 Å². The molecule has 27 heavy (non-hydrogen) atoms. The van der Waals surface area contributed by atoms with Crippen molar-refractivity contribution < 1.29 is 4.79 Å². The smallest absolute Gasteiger partial charge is 0.277 e. The van der Waals surface area contributed by atoms with Crippen LogP contribution in [0.4, 0.5) is 5.69 Å². The van der Waals surface area contributed by atoms with E-state index >= 15 is 0 Å². The minimum Gasteiger partial charge on any atom is -0.325 e. The summed E-state index contributed by atoms with van der Waals surface area (Å²) in [5.74, 6) is 0.160. The van der Waals surface area contributed by atoms with Gasteiger partial charge in [0.1, 0.15) is 6.33 Å². The molecule has 136 valence electrons. The van der Waals surface area contributed by atoms with Crippen LogP contribution in [0.15, 0.2) is 41.6 Å². The van der Waals surface area contributed by atoms with Crippen LogP contribution in [0.2, 0.25) is 0 Å². The van der Waals surface area contributed by atoms with Gasteiger partial charge in [-0.15, -0.1) is 0 Å². The van der Waals surface area contributed by atoms with E-state index in [4.69, 9.17) is 0 Å². The summed E-state index contributed by atoms with van der Waals surface area (Å²) in [6.07, 6.45) is 3.61. The molecule has 0 radical (unpaired) electrons. The number of hydrogen-bond donors (Lipinski definition) is 2. The molecule has 3 aromatic heterocycles. The van der Waals surface area contributed by atoms with Gasteiger partial charge in [0.15, 0.2) is 0 Å². The summed E-state index contributed by atoms with van der Waals surface area (Å²) in [6, 6.07) is 7.62. The molecule has 3 heterocycles. The van der Waals surface area contributed by atoms with Crippen molar-refractivity contribution in [1.82, 2.24) is 24.6 Å². The van der Waals surface area contributed by atoms with E-state index in [-0.39, 0.29) is 17.9 Å². The Morgan fingerprint density at radius 3 is 2.93 bits per heavy atom. The van der Waals surface area contributed by atoms with Crippen molar-refractivity contribution in [3.8, 4) is 0 Å². The molecular weight excluding hydrogens is 344 g/mol. The van der Waals surface area contributed by atoms with Gasteiger partial charge >= 0.3 is 0 Å². The summed E-state index contributed by atoms with van der Waals surface area (Å²) in [5.41, 5.74) is 3.39. The average Bonchev–Trinajstić information content (AvgIpc) is 3.12. The summed E-state index contributed by atoms with van der Waals surface area (Å²) in [6.45, 7) is 3.69. The number of aryl methyl sites for hydroxylation is 2. The van der Waals surface area contributed by atoms with Crippen LogP contribution in [-0.2, 0) is 11.2 Å². The van der Waals surface area contributed by atoms with Crippen molar-refractivity contribution in [2.45, 2.75) is 26.7 Å². The molecule has 0 aliphatic carbocycles. The van der Waals surface area contributed by atoms with Crippen LogP contribution < -0.4 is 10.9 Å². The Kier molecular flexibility index (Phi) is 4.15. The molecule has 0 aliphatic heterocycles. The fourth-order valence-corrected chi connectivity index (χ4v) is 3.15. The summed E-state index contributed by atoms with van der Waals surface area (Å²) in [4.78, 5) is 37.7. The van der Waals surface area contributed by atoms with E-state index in [0.717, 1.165) is 22.2 Å². The zero-order valence-electron chi connectivity index (χ0n) is 15.0. The van der Waals surface area contributed by atoms with Gasteiger partial charge in [0.25, 0.3) is 11.3 Å². The fraction of sp³-hybridized carbons (Fsp3) is 0.211. The van der Waals surface area contributed by atoms with Gasteiger partial charge in [-0.2, -0.15) is 4.52 Å². The number of carbonyl (C=O) groups excluding carboxylic acids is 1. The molecule has 0 saturated heterocycles. The van der Waals surface area contributed by atoms with Crippen LogP contribution in [0.3, 0.4) is 0 Å². The molecule has 0 fully saturated rings. The molecule has 2 N–H and O–H groups in total. The van der Waals surface area contributed by atoms with Crippen molar-refractivity contribution in [3.05, 3.63) is 64.0 Å². The van der Waals surface area contributed by atoms with Crippen molar-refractivity contribution in [2.75, 3.05) is 5.32 Å². The maximum absolute atomic E-state index is 12.5. The van der Waals surface area contributed by atoms with Crippen LogP contribution in [0.5, 0.6) is 0 Å². The zero-order valence-corrected chi connectivity index (χ0v) is 15.0. The SMILES string of the molecule is Cc1ccc2ncccc2c1NC(=O)CCc1c(C)nc2nc[nH]n2c1=O. The predicted octanol–water partition coefficient (Wildman–Crippen LogP) is 2.15. The lowest BCUT2D eigenvalue weighted by Crippen LogP contribution is -2.23. The highest BCUT2D eigenvalue weighted by Gasteiger charge is 2.14. The highest BCUT2D eigenvalue weighted by atomic mass is 16.1. The van der Waals surface area contributed by atoms with Gasteiger partial charge in [0, 0.05) is 23.6 Å². The second-order valence-corrected chi connectivity index (χ2v) is 6.38. The number of H-pyrrole nitrogens is 1. The molecule has 8 nitrogen and oxygen atoms in total. The summed E-state index contributed by atoms with van der Waals surface area (Å²) >= 11 is 0. The number of benzene rings is 1. The number of nitrogens with one attached hydrogen (secondary N) is 2. The van der Waals surface area contributed by atoms with Crippen molar-refractivity contribution >= 4 is 28.3 Å². The Labute approximate surface area is 154 Å². The molecule has 0 bridgehead atoms. The molecule has 0 spiro atoms. The van der Waals surface area contributed by atoms with Crippen molar-refractivity contribution in [1.29, 1.82) is 0 Å². The Morgan fingerprint density at radius 2 is 2.07 bits per heavy atom. The first-order chi connectivity index (χ1) is 13.0. The highest BCUT2D eigenvalue weighted by molar-refractivity contribution is 6.02. The minimum absolute atomic E-state index is 0.164. The number of pyridine rings is 1. The van der Waals surface area contributed by atoms with Gasteiger partial charge in [0.2, 0.25) is 5.91 Å². The van der Waals surface area contributed by atoms with E-state index in [1.807, 2.05) is 31.2 Å². The number of carbonyl (C=O) groups is 1. The standard InChI is InChI=1S/C19H18N6O2/c1-11-5-7-15-14(4-3-9-20-15)17(11)24-16(26)8-6-13-12(2)23-19-21-10-22-25(19)18(13)27/h3-5,7,9-10H,6,8H2,1-2H3,(H,24,26)(H,21,22,23). The average molecular weight is 362 g/mol. The minimum atomic E-state index is -0.228. The second-order valence-electron chi connectivity index (χ2n) is 6.38. The molecule has 0 aliphatic rings. The van der Waals surface area contributed by atoms with Crippen molar-refractivity contribution in [3.63, 3.8) is 0 Å². The topological polar surface area (TPSA) is 105 Å². The van der Waals surface area contributed by atoms with E-state index in [2.05, 4.69) is 25.4 Å². The Balaban J connectivity index is 1.56. The zero-order chi connectivity index (χ0) is 19.0. The first kappa shape index (κ1) is 16.9. The molecule has 1 amide bonds. The Hall–Kier alpha value is -3.55. The third-order valence-electron chi connectivity index (χ3n) is 4.59. The van der Waals surface area contributed by atoms with Gasteiger partial charge in [-0.3, -0.25) is 19.7 Å². The largest absolute Gasteiger partial charge is 0.325 e. The van der Waals surface area contributed by atoms with Crippen LogP contribution in [0, 0.1) is 13.8 Å². The van der Waals surface area contributed by atoms with E-state index < -0.39 is 0 Å². The highest BCUT2D eigenvalue weighted by Crippen LogP contribution is 2.25. The molecule has 0 unspecified atom stereocenters. The fourth-order valence-electron chi connectivity index (χ4n) is 3.15. The lowest BCUT2D eigenvalue weighted by Gasteiger charge is -2.12. The molecule has 0 saturated carbocycles. The van der Waals surface area contributed by atoms with Crippen LogP contribution in [0.1, 0.15) is 23.2 Å². The van der Waals surface area contributed by atoms with Crippen LogP contribution in [-0.4, -0.2) is 30.5 Å².